The second-order valence-electron chi connectivity index (χ2n) is 7.52. The first-order chi connectivity index (χ1) is 11.9. The molecule has 0 aliphatic heterocycles. The van der Waals surface area contributed by atoms with Gasteiger partial charge in [0.2, 0.25) is 0 Å². The number of hydrogen-bond donors (Lipinski definition) is 0. The van der Waals surface area contributed by atoms with E-state index < -0.39 is 0 Å². The Kier molecular flexibility index (Phi) is 11.0. The molecule has 0 amide bonds. The van der Waals surface area contributed by atoms with Crippen LogP contribution in [0.4, 0.5) is 0 Å². The van der Waals surface area contributed by atoms with Gasteiger partial charge in [-0.3, -0.25) is 0 Å². The topological polar surface area (TPSA) is 0 Å². The number of hydrogen-bond acceptors (Lipinski definition) is 0. The Morgan fingerprint density at radius 1 is 0.679 bits per heavy atom. The molecule has 0 N–H and O–H groups in total. The summed E-state index contributed by atoms with van der Waals surface area (Å²) in [5.41, 5.74) is 6.97. The predicted octanol–water partition coefficient (Wildman–Crippen LogP) is 1.48. The molecule has 0 bridgehead atoms. The predicted molar refractivity (Wildman–Crippen MR) is 112 cm³/mol. The molecule has 0 atom stereocenters. The zero-order chi connectivity index (χ0) is 18.1. The SMILES string of the molecule is Cc1ccc(C)c2[cH-]c(C(C)C)cc12.Cc1ccc(C)c2[cH-]ccc12.[Cl-].[Cl-].[Zr+4]. The van der Waals surface area contributed by atoms with Crippen LogP contribution in [0.3, 0.4) is 0 Å². The second kappa shape index (κ2) is 11.3. The van der Waals surface area contributed by atoms with Crippen LogP contribution in [0.1, 0.15) is 47.6 Å². The Morgan fingerprint density at radius 2 is 1.18 bits per heavy atom. The molecule has 28 heavy (non-hydrogen) atoms. The molecular formula is C25H28Cl2Zr. The molecule has 0 fully saturated rings. The molecule has 0 radical (unpaired) electrons. The molecule has 4 rings (SSSR count). The van der Waals surface area contributed by atoms with Crippen molar-refractivity contribution in [3.05, 3.63) is 82.4 Å². The van der Waals surface area contributed by atoms with Gasteiger partial charge in [0, 0.05) is 0 Å². The fraction of sp³-hybridized carbons (Fsp3) is 0.280. The molecule has 146 valence electrons. The molecular weight excluding hydrogens is 462 g/mol. The first-order valence-corrected chi connectivity index (χ1v) is 9.16. The number of halogens is 2. The maximum atomic E-state index is 2.34. The van der Waals surface area contributed by atoms with Crippen LogP contribution >= 0.6 is 0 Å². The quantitative estimate of drug-likeness (QED) is 0.355. The minimum absolute atomic E-state index is 0. The third kappa shape index (κ3) is 5.59. The molecule has 0 spiro atoms. The van der Waals surface area contributed by atoms with E-state index in [1.165, 1.54) is 49.4 Å². The van der Waals surface area contributed by atoms with Gasteiger partial charge in [-0.2, -0.15) is 18.2 Å². The van der Waals surface area contributed by atoms with Crippen molar-refractivity contribution in [2.45, 2.75) is 47.5 Å². The van der Waals surface area contributed by atoms with E-state index in [4.69, 9.17) is 0 Å². The summed E-state index contributed by atoms with van der Waals surface area (Å²) in [6.07, 6.45) is 0. The van der Waals surface area contributed by atoms with Crippen molar-refractivity contribution in [1.82, 2.24) is 0 Å². The van der Waals surface area contributed by atoms with Crippen LogP contribution in [0.15, 0.2) is 54.6 Å². The van der Waals surface area contributed by atoms with Gasteiger partial charge >= 0.3 is 26.2 Å². The number of fused-ring (bicyclic) bond motifs is 2. The van der Waals surface area contributed by atoms with Crippen molar-refractivity contribution < 1.29 is 51.0 Å². The molecule has 4 aromatic rings. The van der Waals surface area contributed by atoms with Crippen molar-refractivity contribution in [2.75, 3.05) is 0 Å². The second-order valence-corrected chi connectivity index (χ2v) is 7.52. The third-order valence-corrected chi connectivity index (χ3v) is 5.26. The largest absolute Gasteiger partial charge is 4.00 e. The van der Waals surface area contributed by atoms with E-state index in [9.17, 15) is 0 Å². The van der Waals surface area contributed by atoms with Crippen molar-refractivity contribution in [3.8, 4) is 0 Å². The third-order valence-electron chi connectivity index (χ3n) is 5.26. The molecule has 4 aromatic carbocycles. The van der Waals surface area contributed by atoms with Crippen LogP contribution in [0.5, 0.6) is 0 Å². The van der Waals surface area contributed by atoms with Gasteiger partial charge in [-0.05, 0) is 19.8 Å². The van der Waals surface area contributed by atoms with Crippen LogP contribution in [0.25, 0.3) is 21.5 Å². The Bertz CT molecular complexity index is 947. The van der Waals surface area contributed by atoms with E-state index in [0.29, 0.717) is 5.92 Å². The average molecular weight is 491 g/mol. The fourth-order valence-corrected chi connectivity index (χ4v) is 3.48. The summed E-state index contributed by atoms with van der Waals surface area (Å²) >= 11 is 0. The Labute approximate surface area is 201 Å². The van der Waals surface area contributed by atoms with E-state index in [0.717, 1.165) is 0 Å². The van der Waals surface area contributed by atoms with E-state index >= 15 is 0 Å². The molecule has 0 saturated carbocycles. The molecule has 0 aromatic heterocycles. The van der Waals surface area contributed by atoms with E-state index in [-0.39, 0.29) is 51.0 Å². The molecule has 3 heteroatoms. The molecule has 0 saturated heterocycles. The Morgan fingerprint density at radius 3 is 1.68 bits per heavy atom. The van der Waals surface area contributed by atoms with Crippen LogP contribution in [0, 0.1) is 27.7 Å². The number of aryl methyl sites for hydroxylation is 4. The molecule has 0 aliphatic carbocycles. The first kappa shape index (κ1) is 27.1. The van der Waals surface area contributed by atoms with E-state index in [2.05, 4.69) is 96.1 Å². The molecule has 0 nitrogen and oxygen atoms in total. The maximum absolute atomic E-state index is 2.34. The first-order valence-electron chi connectivity index (χ1n) is 9.16. The van der Waals surface area contributed by atoms with Crippen molar-refractivity contribution in [2.24, 2.45) is 0 Å². The summed E-state index contributed by atoms with van der Waals surface area (Å²) < 4.78 is 0. The number of rotatable bonds is 1. The molecule has 0 aliphatic rings. The molecule has 0 unspecified atom stereocenters. The molecule has 0 heterocycles. The number of benzene rings is 2. The summed E-state index contributed by atoms with van der Waals surface area (Å²) in [7, 11) is 0. The summed E-state index contributed by atoms with van der Waals surface area (Å²) in [4.78, 5) is 0. The van der Waals surface area contributed by atoms with Crippen LogP contribution in [-0.4, -0.2) is 0 Å². The van der Waals surface area contributed by atoms with Crippen molar-refractivity contribution in [1.29, 1.82) is 0 Å². The fourth-order valence-electron chi connectivity index (χ4n) is 3.48. The van der Waals surface area contributed by atoms with Crippen LogP contribution in [-0.2, 0) is 26.2 Å². The summed E-state index contributed by atoms with van der Waals surface area (Å²) in [6, 6.07) is 19.9. The minimum Gasteiger partial charge on any atom is -1.00 e. The van der Waals surface area contributed by atoms with Gasteiger partial charge in [0.15, 0.2) is 0 Å². The smallest absolute Gasteiger partial charge is 1.00 e. The van der Waals surface area contributed by atoms with Crippen molar-refractivity contribution in [3.63, 3.8) is 0 Å². The van der Waals surface area contributed by atoms with E-state index in [1.807, 2.05) is 0 Å². The van der Waals surface area contributed by atoms with Gasteiger partial charge < -0.3 is 24.8 Å². The Balaban J connectivity index is 0.000000480. The van der Waals surface area contributed by atoms with Gasteiger partial charge in [0.25, 0.3) is 0 Å². The van der Waals surface area contributed by atoms with Gasteiger partial charge in [0.05, 0.1) is 0 Å². The maximum Gasteiger partial charge on any atom is 4.00 e. The van der Waals surface area contributed by atoms with Gasteiger partial charge in [-0.15, -0.1) is 62.5 Å². The summed E-state index contributed by atoms with van der Waals surface area (Å²) in [5.74, 6) is 0.626. The standard InChI is InChI=1S/C14H17.C11H11.2ClH.Zr/c1-9(2)12-7-13-10(3)5-6-11(4)14(13)8-12;1-8-6-7-9(2)11-5-3-4-10(8)11;;;/h5-9H,1-4H3;3-7H,1-2H3;2*1H;/q2*-1;;;+4/p-2. The Hall–Kier alpha value is -0.877. The zero-order valence-electron chi connectivity index (χ0n) is 17.5. The van der Waals surface area contributed by atoms with Gasteiger partial charge in [0.1, 0.15) is 0 Å². The van der Waals surface area contributed by atoms with Gasteiger partial charge in [-0.1, -0.05) is 51.0 Å². The van der Waals surface area contributed by atoms with E-state index in [1.54, 1.807) is 0 Å². The monoisotopic (exact) mass is 488 g/mol. The zero-order valence-corrected chi connectivity index (χ0v) is 21.5. The average Bonchev–Trinajstić information content (AvgIpc) is 3.23. The minimum atomic E-state index is 0. The van der Waals surface area contributed by atoms with Crippen LogP contribution in [0.2, 0.25) is 0 Å². The summed E-state index contributed by atoms with van der Waals surface area (Å²) in [5, 5.41) is 5.64. The van der Waals surface area contributed by atoms with Gasteiger partial charge in [-0.25, -0.2) is 0 Å². The van der Waals surface area contributed by atoms with Crippen LogP contribution < -0.4 is 24.8 Å². The normalized spacial score (nSPS) is 9.96. The van der Waals surface area contributed by atoms with Crippen molar-refractivity contribution >= 4 is 21.5 Å². The summed E-state index contributed by atoms with van der Waals surface area (Å²) in [6.45, 7) is 13.2.